The van der Waals surface area contributed by atoms with Crippen molar-refractivity contribution in [1.82, 2.24) is 4.90 Å². The van der Waals surface area contributed by atoms with Crippen molar-refractivity contribution in [3.63, 3.8) is 0 Å². The maximum absolute atomic E-state index is 12.5. The highest BCUT2D eigenvalue weighted by atomic mass is 16.5. The molecule has 4 heteroatoms. The summed E-state index contributed by atoms with van der Waals surface area (Å²) in [5.41, 5.74) is 0. The second-order valence-electron chi connectivity index (χ2n) is 5.96. The zero-order valence-electron chi connectivity index (χ0n) is 10.9. The van der Waals surface area contributed by atoms with E-state index >= 15 is 0 Å². The Balaban J connectivity index is 1.68. The van der Waals surface area contributed by atoms with Crippen molar-refractivity contribution in [3.8, 4) is 0 Å². The van der Waals surface area contributed by atoms with Gasteiger partial charge < -0.3 is 14.7 Å². The first-order valence-electron chi connectivity index (χ1n) is 7.33. The van der Waals surface area contributed by atoms with E-state index in [9.17, 15) is 9.90 Å². The molecular weight excluding hydrogens is 230 g/mol. The van der Waals surface area contributed by atoms with Gasteiger partial charge in [0.05, 0.1) is 18.6 Å². The number of aliphatic hydroxyl groups is 1. The van der Waals surface area contributed by atoms with Gasteiger partial charge in [0.2, 0.25) is 5.91 Å². The summed E-state index contributed by atoms with van der Waals surface area (Å²) in [5, 5.41) is 10.1. The lowest BCUT2D eigenvalue weighted by Gasteiger charge is -2.32. The van der Waals surface area contributed by atoms with Crippen LogP contribution < -0.4 is 0 Å². The van der Waals surface area contributed by atoms with Crippen LogP contribution >= 0.6 is 0 Å². The van der Waals surface area contributed by atoms with Gasteiger partial charge in [-0.2, -0.15) is 0 Å². The summed E-state index contributed by atoms with van der Waals surface area (Å²) in [6.07, 6.45) is 5.94. The van der Waals surface area contributed by atoms with E-state index in [0.717, 1.165) is 51.7 Å². The average molecular weight is 253 g/mol. The van der Waals surface area contributed by atoms with Crippen molar-refractivity contribution in [3.05, 3.63) is 0 Å². The highest BCUT2D eigenvalue weighted by Gasteiger charge is 2.42. The molecule has 1 saturated carbocycles. The molecule has 1 aliphatic carbocycles. The Bertz CT molecular complexity index is 314. The Kier molecular flexibility index (Phi) is 3.57. The SMILES string of the molecule is O=C(C1CCOC1)N1CCCC1C1CCCC1O. The Labute approximate surface area is 108 Å². The lowest BCUT2D eigenvalue weighted by atomic mass is 9.93. The number of carbonyl (C=O) groups excluding carboxylic acids is 1. The molecule has 0 spiro atoms. The van der Waals surface area contributed by atoms with Gasteiger partial charge in [0.15, 0.2) is 0 Å². The molecule has 0 aromatic carbocycles. The molecule has 2 aliphatic heterocycles. The highest BCUT2D eigenvalue weighted by Crippen LogP contribution is 2.36. The minimum Gasteiger partial charge on any atom is -0.393 e. The van der Waals surface area contributed by atoms with Gasteiger partial charge in [-0.05, 0) is 32.1 Å². The largest absolute Gasteiger partial charge is 0.393 e. The van der Waals surface area contributed by atoms with Crippen LogP contribution in [0.25, 0.3) is 0 Å². The number of rotatable bonds is 2. The number of aliphatic hydroxyl groups excluding tert-OH is 1. The fourth-order valence-electron chi connectivity index (χ4n) is 3.89. The number of carbonyl (C=O) groups is 1. The first-order valence-corrected chi connectivity index (χ1v) is 7.33. The second kappa shape index (κ2) is 5.17. The molecule has 2 heterocycles. The number of nitrogens with zero attached hydrogens (tertiary/aromatic N) is 1. The summed E-state index contributed by atoms with van der Waals surface area (Å²) in [6.45, 7) is 2.19. The summed E-state index contributed by atoms with van der Waals surface area (Å²) < 4.78 is 5.32. The van der Waals surface area contributed by atoms with Crippen LogP contribution in [0.3, 0.4) is 0 Å². The van der Waals surface area contributed by atoms with E-state index in [0.29, 0.717) is 12.5 Å². The Hall–Kier alpha value is -0.610. The monoisotopic (exact) mass is 253 g/mol. The van der Waals surface area contributed by atoms with E-state index in [1.54, 1.807) is 0 Å². The Morgan fingerprint density at radius 1 is 1.17 bits per heavy atom. The third-order valence-electron chi connectivity index (χ3n) is 4.89. The molecule has 2 saturated heterocycles. The molecule has 3 rings (SSSR count). The van der Waals surface area contributed by atoms with Crippen molar-refractivity contribution in [2.24, 2.45) is 11.8 Å². The second-order valence-corrected chi connectivity index (χ2v) is 5.96. The van der Waals surface area contributed by atoms with Gasteiger partial charge >= 0.3 is 0 Å². The standard InChI is InChI=1S/C14H23NO3/c16-13-5-1-3-11(13)12-4-2-7-15(12)14(17)10-6-8-18-9-10/h10-13,16H,1-9H2. The fourth-order valence-corrected chi connectivity index (χ4v) is 3.89. The van der Waals surface area contributed by atoms with E-state index in [-0.39, 0.29) is 24.0 Å². The van der Waals surface area contributed by atoms with E-state index < -0.39 is 0 Å². The summed E-state index contributed by atoms with van der Waals surface area (Å²) in [7, 11) is 0. The molecule has 18 heavy (non-hydrogen) atoms. The molecule has 1 amide bonds. The number of hydrogen-bond acceptors (Lipinski definition) is 3. The maximum atomic E-state index is 12.5. The molecule has 3 aliphatic rings. The molecule has 3 fully saturated rings. The smallest absolute Gasteiger partial charge is 0.228 e. The Morgan fingerprint density at radius 3 is 2.72 bits per heavy atom. The van der Waals surface area contributed by atoms with Gasteiger partial charge in [-0.1, -0.05) is 6.42 Å². The van der Waals surface area contributed by atoms with Crippen LogP contribution in [-0.4, -0.2) is 47.8 Å². The van der Waals surface area contributed by atoms with Crippen LogP contribution in [0.15, 0.2) is 0 Å². The van der Waals surface area contributed by atoms with E-state index in [4.69, 9.17) is 4.74 Å². The number of hydrogen-bond donors (Lipinski definition) is 1. The average Bonchev–Trinajstić information content (AvgIpc) is 3.09. The van der Waals surface area contributed by atoms with Crippen LogP contribution in [-0.2, 0) is 9.53 Å². The van der Waals surface area contributed by atoms with Crippen LogP contribution in [0.5, 0.6) is 0 Å². The van der Waals surface area contributed by atoms with Gasteiger partial charge in [0, 0.05) is 25.1 Å². The minimum absolute atomic E-state index is 0.0733. The van der Waals surface area contributed by atoms with E-state index in [1.807, 2.05) is 0 Å². The molecule has 102 valence electrons. The van der Waals surface area contributed by atoms with Gasteiger partial charge in [0.1, 0.15) is 0 Å². The van der Waals surface area contributed by atoms with Crippen molar-refractivity contribution < 1.29 is 14.6 Å². The third-order valence-corrected chi connectivity index (χ3v) is 4.89. The number of likely N-dealkylation sites (tertiary alicyclic amines) is 1. The predicted molar refractivity (Wildman–Crippen MR) is 67.0 cm³/mol. The predicted octanol–water partition coefficient (Wildman–Crippen LogP) is 1.17. The summed E-state index contributed by atoms with van der Waals surface area (Å²) >= 11 is 0. The zero-order valence-corrected chi connectivity index (χ0v) is 10.9. The summed E-state index contributed by atoms with van der Waals surface area (Å²) in [6, 6.07) is 0.288. The van der Waals surface area contributed by atoms with Crippen molar-refractivity contribution in [2.75, 3.05) is 19.8 Å². The fraction of sp³-hybridized carbons (Fsp3) is 0.929. The number of ether oxygens (including phenoxy) is 1. The molecule has 0 radical (unpaired) electrons. The van der Waals surface area contributed by atoms with E-state index in [1.165, 1.54) is 0 Å². The number of amides is 1. The van der Waals surface area contributed by atoms with Gasteiger partial charge in [0.25, 0.3) is 0 Å². The van der Waals surface area contributed by atoms with E-state index in [2.05, 4.69) is 4.90 Å². The van der Waals surface area contributed by atoms with Crippen LogP contribution in [0.4, 0.5) is 0 Å². The van der Waals surface area contributed by atoms with Crippen molar-refractivity contribution >= 4 is 5.91 Å². The quantitative estimate of drug-likeness (QED) is 0.804. The van der Waals surface area contributed by atoms with Crippen LogP contribution in [0.1, 0.15) is 38.5 Å². The lowest BCUT2D eigenvalue weighted by molar-refractivity contribution is -0.137. The summed E-state index contributed by atoms with van der Waals surface area (Å²) in [4.78, 5) is 14.5. The maximum Gasteiger partial charge on any atom is 0.228 e. The molecule has 0 aromatic rings. The molecule has 0 bridgehead atoms. The first kappa shape index (κ1) is 12.4. The normalized spacial score (nSPS) is 40.6. The first-order chi connectivity index (χ1) is 8.77. The molecular formula is C14H23NO3. The van der Waals surface area contributed by atoms with Gasteiger partial charge in [-0.15, -0.1) is 0 Å². The van der Waals surface area contributed by atoms with Gasteiger partial charge in [-0.25, -0.2) is 0 Å². The highest BCUT2D eigenvalue weighted by molar-refractivity contribution is 5.79. The molecule has 1 N–H and O–H groups in total. The lowest BCUT2D eigenvalue weighted by Crippen LogP contribution is -2.45. The third kappa shape index (κ3) is 2.16. The molecule has 0 aromatic heterocycles. The zero-order chi connectivity index (χ0) is 12.5. The molecule has 4 unspecified atom stereocenters. The van der Waals surface area contributed by atoms with Crippen molar-refractivity contribution in [2.45, 2.75) is 50.7 Å². The van der Waals surface area contributed by atoms with Crippen molar-refractivity contribution in [1.29, 1.82) is 0 Å². The topological polar surface area (TPSA) is 49.8 Å². The summed E-state index contributed by atoms with van der Waals surface area (Å²) in [5.74, 6) is 0.664. The minimum atomic E-state index is -0.191. The van der Waals surface area contributed by atoms with Gasteiger partial charge in [-0.3, -0.25) is 4.79 Å². The van der Waals surface area contributed by atoms with Crippen LogP contribution in [0.2, 0.25) is 0 Å². The molecule has 4 nitrogen and oxygen atoms in total. The van der Waals surface area contributed by atoms with Crippen LogP contribution in [0, 0.1) is 11.8 Å². The Morgan fingerprint density at radius 2 is 2.06 bits per heavy atom. The molecule has 4 atom stereocenters.